The lowest BCUT2D eigenvalue weighted by Gasteiger charge is -2.31. The van der Waals surface area contributed by atoms with E-state index in [1.165, 1.54) is 33.1 Å². The minimum Gasteiger partial charge on any atom is -0.334 e. The molecule has 0 saturated carbocycles. The number of piperazine rings is 1. The van der Waals surface area contributed by atoms with Crippen molar-refractivity contribution >= 4 is 26.8 Å². The predicted octanol–water partition coefficient (Wildman–Crippen LogP) is 2.41. The summed E-state index contributed by atoms with van der Waals surface area (Å²) in [5.41, 5.74) is 4.44. The van der Waals surface area contributed by atoms with Crippen molar-refractivity contribution in [1.82, 2.24) is 14.8 Å². The molecule has 2 aromatic rings. The van der Waals surface area contributed by atoms with Crippen LogP contribution in [0.2, 0.25) is 0 Å². The second-order valence-corrected chi connectivity index (χ2v) is 6.85. The molecule has 3 nitrogen and oxygen atoms in total. The van der Waals surface area contributed by atoms with Gasteiger partial charge in [-0.05, 0) is 46.9 Å². The largest absolute Gasteiger partial charge is 0.334 e. The molecule has 2 aliphatic rings. The number of halogens is 1. The van der Waals surface area contributed by atoms with Crippen molar-refractivity contribution in [2.45, 2.75) is 25.4 Å². The first kappa shape index (κ1) is 12.9. The molecule has 2 aliphatic heterocycles. The van der Waals surface area contributed by atoms with Crippen LogP contribution in [-0.4, -0.2) is 42.2 Å². The maximum Gasteiger partial charge on any atom is 0.0890 e. The number of aromatic nitrogens is 1. The Bertz CT molecular complexity index is 661. The number of hydrogen-bond donors (Lipinski definition) is 1. The molecule has 3 heterocycles. The van der Waals surface area contributed by atoms with Gasteiger partial charge in [0.2, 0.25) is 0 Å². The van der Waals surface area contributed by atoms with Gasteiger partial charge in [-0.1, -0.05) is 18.2 Å². The van der Waals surface area contributed by atoms with Crippen molar-refractivity contribution in [2.24, 2.45) is 0 Å². The van der Waals surface area contributed by atoms with Gasteiger partial charge in [0.25, 0.3) is 0 Å². The summed E-state index contributed by atoms with van der Waals surface area (Å²) in [4.78, 5) is 2.42. The van der Waals surface area contributed by atoms with Crippen molar-refractivity contribution in [3.05, 3.63) is 33.9 Å². The monoisotopic (exact) mass is 333 g/mol. The van der Waals surface area contributed by atoms with Gasteiger partial charge in [0.15, 0.2) is 0 Å². The summed E-state index contributed by atoms with van der Waals surface area (Å²) in [6, 6.07) is 7.33. The molecule has 0 amide bonds. The Kier molecular flexibility index (Phi) is 3.13. The lowest BCUT2D eigenvalue weighted by molar-refractivity contribution is 0.238. The predicted molar refractivity (Wildman–Crippen MR) is 86.3 cm³/mol. The van der Waals surface area contributed by atoms with Crippen molar-refractivity contribution in [1.29, 1.82) is 0 Å². The van der Waals surface area contributed by atoms with Crippen LogP contribution < -0.4 is 5.32 Å². The van der Waals surface area contributed by atoms with Gasteiger partial charge in [-0.3, -0.25) is 0 Å². The maximum atomic E-state index is 3.85. The summed E-state index contributed by atoms with van der Waals surface area (Å²) < 4.78 is 3.75. The number of rotatable bonds is 2. The van der Waals surface area contributed by atoms with E-state index in [4.69, 9.17) is 0 Å². The molecule has 0 radical (unpaired) electrons. The fourth-order valence-corrected chi connectivity index (χ4v) is 4.47. The normalized spacial score (nSPS) is 22.8. The lowest BCUT2D eigenvalue weighted by Crippen LogP contribution is -2.49. The number of nitrogens with one attached hydrogen (secondary N) is 1. The zero-order valence-corrected chi connectivity index (χ0v) is 13.4. The van der Waals surface area contributed by atoms with Gasteiger partial charge in [0.1, 0.15) is 0 Å². The number of nitrogens with zero attached hydrogens (tertiary/aromatic N) is 2. The number of likely N-dealkylation sites (N-methyl/N-ethyl adjacent to an activating group) is 1. The van der Waals surface area contributed by atoms with Crippen LogP contribution in [0.3, 0.4) is 0 Å². The summed E-state index contributed by atoms with van der Waals surface area (Å²) in [6.45, 7) is 4.51. The highest BCUT2D eigenvalue weighted by molar-refractivity contribution is 9.10. The molecule has 1 aromatic carbocycles. The Labute approximate surface area is 128 Å². The molecule has 1 aromatic heterocycles. The van der Waals surface area contributed by atoms with Crippen molar-refractivity contribution in [3.63, 3.8) is 0 Å². The third-order valence-electron chi connectivity index (χ3n) is 4.71. The second kappa shape index (κ2) is 4.86. The van der Waals surface area contributed by atoms with Crippen LogP contribution in [0, 0.1) is 0 Å². The van der Waals surface area contributed by atoms with Gasteiger partial charge in [-0.15, -0.1) is 0 Å². The molecule has 1 N–H and O–H groups in total. The van der Waals surface area contributed by atoms with Gasteiger partial charge in [0.05, 0.1) is 10.1 Å². The molecule has 4 heteroatoms. The average molecular weight is 334 g/mol. The first-order chi connectivity index (χ1) is 9.74. The van der Waals surface area contributed by atoms with Crippen molar-refractivity contribution < 1.29 is 0 Å². The number of para-hydroxylation sites is 1. The van der Waals surface area contributed by atoms with Crippen LogP contribution in [0.5, 0.6) is 0 Å². The molecule has 4 rings (SSSR count). The summed E-state index contributed by atoms with van der Waals surface area (Å²) in [5.74, 6) is 0. The highest BCUT2D eigenvalue weighted by Gasteiger charge is 2.25. The zero-order valence-electron chi connectivity index (χ0n) is 11.8. The average Bonchev–Trinajstić information content (AvgIpc) is 2.98. The van der Waals surface area contributed by atoms with Crippen LogP contribution in [-0.2, 0) is 19.4 Å². The summed E-state index contributed by atoms with van der Waals surface area (Å²) >= 11 is 3.85. The van der Waals surface area contributed by atoms with E-state index in [-0.39, 0.29) is 0 Å². The maximum absolute atomic E-state index is 3.85. The van der Waals surface area contributed by atoms with E-state index in [1.807, 2.05) is 0 Å². The minimum absolute atomic E-state index is 0.562. The van der Waals surface area contributed by atoms with E-state index in [0.29, 0.717) is 6.04 Å². The van der Waals surface area contributed by atoms with Gasteiger partial charge in [-0.2, -0.15) is 0 Å². The van der Waals surface area contributed by atoms with Gasteiger partial charge >= 0.3 is 0 Å². The van der Waals surface area contributed by atoms with E-state index in [1.54, 1.807) is 0 Å². The Morgan fingerprint density at radius 2 is 2.25 bits per heavy atom. The molecule has 0 spiro atoms. The van der Waals surface area contributed by atoms with E-state index in [9.17, 15) is 0 Å². The molecule has 1 saturated heterocycles. The van der Waals surface area contributed by atoms with Crippen LogP contribution in [0.15, 0.2) is 22.8 Å². The molecular formula is C16H20BrN3. The molecule has 106 valence electrons. The fraction of sp³-hybridized carbons (Fsp3) is 0.500. The SMILES string of the molecule is CN1CCNC(Cc2c(Br)n3c4c(cccc24)CC3)C1. The van der Waals surface area contributed by atoms with Crippen molar-refractivity contribution in [3.8, 4) is 0 Å². The van der Waals surface area contributed by atoms with E-state index in [2.05, 4.69) is 56.0 Å². The van der Waals surface area contributed by atoms with E-state index >= 15 is 0 Å². The zero-order chi connectivity index (χ0) is 13.7. The molecular weight excluding hydrogens is 314 g/mol. The molecule has 1 atom stereocenters. The molecule has 0 aliphatic carbocycles. The quantitative estimate of drug-likeness (QED) is 0.910. The van der Waals surface area contributed by atoms with E-state index < -0.39 is 0 Å². The Balaban J connectivity index is 1.73. The number of benzene rings is 1. The highest BCUT2D eigenvalue weighted by atomic mass is 79.9. The minimum atomic E-state index is 0.562. The third-order valence-corrected chi connectivity index (χ3v) is 5.62. The van der Waals surface area contributed by atoms with Gasteiger partial charge < -0.3 is 14.8 Å². The lowest BCUT2D eigenvalue weighted by atomic mass is 10.0. The van der Waals surface area contributed by atoms with Gasteiger partial charge in [-0.25, -0.2) is 0 Å². The molecule has 1 unspecified atom stereocenters. The number of hydrogen-bond acceptors (Lipinski definition) is 2. The van der Waals surface area contributed by atoms with Gasteiger partial charge in [0, 0.05) is 37.6 Å². The van der Waals surface area contributed by atoms with Crippen LogP contribution in [0.4, 0.5) is 0 Å². The highest BCUT2D eigenvalue weighted by Crippen LogP contribution is 2.37. The summed E-state index contributed by atoms with van der Waals surface area (Å²) in [6.07, 6.45) is 2.29. The molecule has 20 heavy (non-hydrogen) atoms. The van der Waals surface area contributed by atoms with Crippen LogP contribution in [0.1, 0.15) is 11.1 Å². The first-order valence-electron chi connectivity index (χ1n) is 7.44. The third kappa shape index (κ3) is 1.93. The van der Waals surface area contributed by atoms with E-state index in [0.717, 1.165) is 32.6 Å². The smallest absolute Gasteiger partial charge is 0.0890 e. The molecule has 1 fully saturated rings. The number of aryl methyl sites for hydroxylation is 2. The molecule has 0 bridgehead atoms. The Morgan fingerprint density at radius 3 is 3.10 bits per heavy atom. The Morgan fingerprint density at radius 1 is 1.35 bits per heavy atom. The standard InChI is InChI=1S/C16H20BrN3/c1-19-8-6-18-12(10-19)9-14-13-4-2-3-11-5-7-20(15(11)13)16(14)17/h2-4,12,18H,5-10H2,1H3. The van der Waals surface area contributed by atoms with Crippen molar-refractivity contribution in [2.75, 3.05) is 26.7 Å². The van der Waals surface area contributed by atoms with Crippen LogP contribution >= 0.6 is 15.9 Å². The first-order valence-corrected chi connectivity index (χ1v) is 8.23. The topological polar surface area (TPSA) is 20.2 Å². The fourth-order valence-electron chi connectivity index (χ4n) is 3.74. The second-order valence-electron chi connectivity index (χ2n) is 6.10. The summed E-state index contributed by atoms with van der Waals surface area (Å²) in [5, 5.41) is 5.11. The Hall–Kier alpha value is -0.840. The van der Waals surface area contributed by atoms with Crippen LogP contribution in [0.25, 0.3) is 10.9 Å². The summed E-state index contributed by atoms with van der Waals surface area (Å²) in [7, 11) is 2.22.